The number of carbonyl (C=O) groups is 1. The maximum atomic E-state index is 11.0. The molecular weight excluding hydrogens is 186 g/mol. The van der Waals surface area contributed by atoms with E-state index in [4.69, 9.17) is 0 Å². The lowest BCUT2D eigenvalue weighted by atomic mass is 10.0. The number of unbranched alkanes of at least 4 members (excludes halogenated alkanes) is 3. The molecule has 15 heavy (non-hydrogen) atoms. The van der Waals surface area contributed by atoms with Crippen LogP contribution in [0.15, 0.2) is 0 Å². The van der Waals surface area contributed by atoms with Crippen molar-refractivity contribution in [1.29, 1.82) is 0 Å². The molecule has 0 aromatic carbocycles. The molecule has 1 fully saturated rings. The minimum atomic E-state index is 0.426. The number of nitrogens with zero attached hydrogens (tertiary/aromatic N) is 1. The lowest BCUT2D eigenvalue weighted by Crippen LogP contribution is -2.21. The summed E-state index contributed by atoms with van der Waals surface area (Å²) in [6.45, 7) is 7.43. The molecule has 0 amide bonds. The lowest BCUT2D eigenvalue weighted by molar-refractivity contribution is -0.116. The summed E-state index contributed by atoms with van der Waals surface area (Å²) < 4.78 is 0. The Labute approximate surface area is 94.0 Å². The van der Waals surface area contributed by atoms with Crippen molar-refractivity contribution in [2.45, 2.75) is 52.4 Å². The summed E-state index contributed by atoms with van der Waals surface area (Å²) in [6, 6.07) is 0. The highest BCUT2D eigenvalue weighted by Crippen LogP contribution is 2.11. The van der Waals surface area contributed by atoms with E-state index < -0.39 is 0 Å². The zero-order valence-electron chi connectivity index (χ0n) is 10.3. The van der Waals surface area contributed by atoms with Crippen LogP contribution in [0.25, 0.3) is 0 Å². The van der Waals surface area contributed by atoms with E-state index in [1.54, 1.807) is 0 Å². The Morgan fingerprint density at radius 1 is 1.20 bits per heavy atom. The molecule has 0 saturated carbocycles. The predicted octanol–water partition coefficient (Wildman–Crippen LogP) is 2.87. The van der Waals surface area contributed by atoms with Gasteiger partial charge in [-0.25, -0.2) is 0 Å². The molecule has 1 saturated heterocycles. The second kappa shape index (κ2) is 7.00. The number of carbonyl (C=O) groups excluding carboxylic acids is 1. The van der Waals surface area contributed by atoms with Crippen LogP contribution in [0.4, 0.5) is 0 Å². The van der Waals surface area contributed by atoms with E-state index in [2.05, 4.69) is 18.7 Å². The molecule has 1 heterocycles. The molecular formula is C13H25NO. The van der Waals surface area contributed by atoms with E-state index in [-0.39, 0.29) is 0 Å². The standard InChI is InChI=1S/C13H25NO/c1-12(2)7-5-3-4-6-9-14-10-8-13(15)11-14/h12H,3-11H2,1-2H3. The van der Waals surface area contributed by atoms with Gasteiger partial charge in [0.1, 0.15) is 5.78 Å². The molecule has 0 aliphatic carbocycles. The van der Waals surface area contributed by atoms with Crippen LogP contribution in [0.3, 0.4) is 0 Å². The Morgan fingerprint density at radius 2 is 1.93 bits per heavy atom. The molecule has 0 N–H and O–H groups in total. The van der Waals surface area contributed by atoms with E-state index in [1.165, 1.54) is 32.1 Å². The first-order valence-corrected chi connectivity index (χ1v) is 6.42. The van der Waals surface area contributed by atoms with Crippen LogP contribution < -0.4 is 0 Å². The molecule has 0 unspecified atom stereocenters. The topological polar surface area (TPSA) is 20.3 Å². The molecule has 2 heteroatoms. The van der Waals surface area contributed by atoms with Crippen LogP contribution in [0, 0.1) is 5.92 Å². The second-order valence-electron chi connectivity index (χ2n) is 5.16. The minimum Gasteiger partial charge on any atom is -0.298 e. The number of Topliss-reactive ketones (excluding diaryl/α,β-unsaturated/α-hetero) is 1. The highest BCUT2D eigenvalue weighted by atomic mass is 16.1. The van der Waals surface area contributed by atoms with Crippen LogP contribution in [-0.2, 0) is 4.79 Å². The summed E-state index contributed by atoms with van der Waals surface area (Å²) in [5.74, 6) is 1.27. The molecule has 0 atom stereocenters. The van der Waals surface area contributed by atoms with Gasteiger partial charge in [0, 0.05) is 13.0 Å². The predicted molar refractivity (Wildman–Crippen MR) is 64.0 cm³/mol. The average Bonchev–Trinajstić information content (AvgIpc) is 2.57. The van der Waals surface area contributed by atoms with Crippen LogP contribution in [0.1, 0.15) is 52.4 Å². The fraction of sp³-hybridized carbons (Fsp3) is 0.923. The van der Waals surface area contributed by atoms with Gasteiger partial charge in [-0.1, -0.05) is 39.5 Å². The SMILES string of the molecule is CC(C)CCCCCCN1CCC(=O)C1. The third-order valence-electron chi connectivity index (χ3n) is 3.11. The first-order valence-electron chi connectivity index (χ1n) is 6.42. The Hall–Kier alpha value is -0.370. The van der Waals surface area contributed by atoms with Gasteiger partial charge in [-0.3, -0.25) is 9.69 Å². The van der Waals surface area contributed by atoms with Crippen LogP contribution in [0.5, 0.6) is 0 Å². The van der Waals surface area contributed by atoms with Gasteiger partial charge >= 0.3 is 0 Å². The fourth-order valence-corrected chi connectivity index (χ4v) is 2.12. The number of ketones is 1. The minimum absolute atomic E-state index is 0.426. The number of hydrogen-bond acceptors (Lipinski definition) is 2. The summed E-state index contributed by atoms with van der Waals surface area (Å²) in [5, 5.41) is 0. The molecule has 0 bridgehead atoms. The molecule has 1 aliphatic heterocycles. The summed E-state index contributed by atoms with van der Waals surface area (Å²) in [5.41, 5.74) is 0. The summed E-state index contributed by atoms with van der Waals surface area (Å²) in [6.07, 6.45) is 7.48. The number of rotatable bonds is 7. The van der Waals surface area contributed by atoms with Crippen molar-refractivity contribution >= 4 is 5.78 Å². The van der Waals surface area contributed by atoms with Crippen LogP contribution in [0.2, 0.25) is 0 Å². The van der Waals surface area contributed by atoms with Gasteiger partial charge in [-0.2, -0.15) is 0 Å². The second-order valence-corrected chi connectivity index (χ2v) is 5.16. The zero-order chi connectivity index (χ0) is 11.1. The van der Waals surface area contributed by atoms with Crippen molar-refractivity contribution in [3.8, 4) is 0 Å². The van der Waals surface area contributed by atoms with Gasteiger partial charge in [0.05, 0.1) is 6.54 Å². The van der Waals surface area contributed by atoms with Gasteiger partial charge in [0.25, 0.3) is 0 Å². The number of hydrogen-bond donors (Lipinski definition) is 0. The van der Waals surface area contributed by atoms with Crippen molar-refractivity contribution in [3.05, 3.63) is 0 Å². The summed E-state index contributed by atoms with van der Waals surface area (Å²) in [4.78, 5) is 13.3. The molecule has 1 rings (SSSR count). The normalized spacial score (nSPS) is 17.9. The maximum absolute atomic E-state index is 11.0. The Kier molecular flexibility index (Phi) is 5.92. The summed E-state index contributed by atoms with van der Waals surface area (Å²) >= 11 is 0. The monoisotopic (exact) mass is 211 g/mol. The van der Waals surface area contributed by atoms with E-state index in [9.17, 15) is 4.79 Å². The van der Waals surface area contributed by atoms with Gasteiger partial charge in [-0.15, -0.1) is 0 Å². The van der Waals surface area contributed by atoms with Crippen LogP contribution in [-0.4, -0.2) is 30.3 Å². The first-order chi connectivity index (χ1) is 7.18. The molecule has 0 spiro atoms. The maximum Gasteiger partial charge on any atom is 0.148 e. The Morgan fingerprint density at radius 3 is 2.53 bits per heavy atom. The van der Waals surface area contributed by atoms with Crippen LogP contribution >= 0.6 is 0 Å². The van der Waals surface area contributed by atoms with Crippen molar-refractivity contribution in [1.82, 2.24) is 4.90 Å². The molecule has 0 radical (unpaired) electrons. The van der Waals surface area contributed by atoms with Gasteiger partial charge in [0.15, 0.2) is 0 Å². The van der Waals surface area contributed by atoms with E-state index in [1.807, 2.05) is 0 Å². The Balaban J connectivity index is 1.87. The van der Waals surface area contributed by atoms with Gasteiger partial charge in [0.2, 0.25) is 0 Å². The highest BCUT2D eigenvalue weighted by Gasteiger charge is 2.17. The van der Waals surface area contributed by atoms with Crippen molar-refractivity contribution < 1.29 is 4.79 Å². The third kappa shape index (κ3) is 5.93. The molecule has 2 nitrogen and oxygen atoms in total. The molecule has 88 valence electrons. The van der Waals surface area contributed by atoms with E-state index in [0.717, 1.165) is 25.4 Å². The first kappa shape index (κ1) is 12.7. The lowest BCUT2D eigenvalue weighted by Gasteiger charge is -2.12. The third-order valence-corrected chi connectivity index (χ3v) is 3.11. The van der Waals surface area contributed by atoms with Gasteiger partial charge < -0.3 is 0 Å². The van der Waals surface area contributed by atoms with Crippen molar-refractivity contribution in [2.75, 3.05) is 19.6 Å². The van der Waals surface area contributed by atoms with Crippen molar-refractivity contribution in [3.63, 3.8) is 0 Å². The van der Waals surface area contributed by atoms with E-state index in [0.29, 0.717) is 12.3 Å². The van der Waals surface area contributed by atoms with E-state index >= 15 is 0 Å². The fourth-order valence-electron chi connectivity index (χ4n) is 2.12. The largest absolute Gasteiger partial charge is 0.298 e. The smallest absolute Gasteiger partial charge is 0.148 e. The zero-order valence-corrected chi connectivity index (χ0v) is 10.3. The quantitative estimate of drug-likeness (QED) is 0.603. The Bertz CT molecular complexity index is 189. The number of likely N-dealkylation sites (tertiary alicyclic amines) is 1. The van der Waals surface area contributed by atoms with Crippen molar-refractivity contribution in [2.24, 2.45) is 5.92 Å². The molecule has 1 aliphatic rings. The van der Waals surface area contributed by atoms with Gasteiger partial charge in [-0.05, 0) is 18.9 Å². The molecule has 0 aromatic heterocycles. The molecule has 0 aromatic rings. The average molecular weight is 211 g/mol. The summed E-state index contributed by atoms with van der Waals surface area (Å²) in [7, 11) is 0. The highest BCUT2D eigenvalue weighted by molar-refractivity contribution is 5.82.